The number of hydrogen-bond donors (Lipinski definition) is 1. The van der Waals surface area contributed by atoms with Crippen LogP contribution < -0.4 is 0 Å². The molecule has 0 bridgehead atoms. The van der Waals surface area contributed by atoms with E-state index in [-0.39, 0.29) is 11.3 Å². The van der Waals surface area contributed by atoms with Gasteiger partial charge in [-0.2, -0.15) is 0 Å². The van der Waals surface area contributed by atoms with Crippen molar-refractivity contribution in [2.75, 3.05) is 40.0 Å². The van der Waals surface area contributed by atoms with Crippen LogP contribution in [0.3, 0.4) is 0 Å². The third-order valence-electron chi connectivity index (χ3n) is 5.22. The van der Waals surface area contributed by atoms with Gasteiger partial charge in [0.1, 0.15) is 0 Å². The molecule has 1 amide bonds. The number of methoxy groups -OCH3 is 1. The number of likely N-dealkylation sites (tertiary alicyclic amines) is 1. The van der Waals surface area contributed by atoms with Crippen molar-refractivity contribution in [2.45, 2.75) is 51.6 Å². The lowest BCUT2D eigenvalue weighted by Gasteiger charge is -2.20. The molecule has 0 aromatic heterocycles. The van der Waals surface area contributed by atoms with E-state index in [9.17, 15) is 9.90 Å². The second-order valence-corrected chi connectivity index (χ2v) is 8.49. The minimum absolute atomic E-state index is 0.0963. The molecule has 0 saturated carbocycles. The fourth-order valence-electron chi connectivity index (χ4n) is 3.38. The van der Waals surface area contributed by atoms with Gasteiger partial charge in [0.15, 0.2) is 0 Å². The van der Waals surface area contributed by atoms with Crippen molar-refractivity contribution in [2.24, 2.45) is 5.92 Å². The van der Waals surface area contributed by atoms with Gasteiger partial charge in [-0.3, -0.25) is 4.79 Å². The van der Waals surface area contributed by atoms with Gasteiger partial charge >= 0.3 is 0 Å². The first-order valence-corrected chi connectivity index (χ1v) is 9.94. The Labute approximate surface area is 163 Å². The summed E-state index contributed by atoms with van der Waals surface area (Å²) in [5.41, 5.74) is 2.21. The summed E-state index contributed by atoms with van der Waals surface area (Å²) in [4.78, 5) is 14.3. The van der Waals surface area contributed by atoms with Crippen molar-refractivity contribution < 1.29 is 19.4 Å². The minimum atomic E-state index is -0.598. The number of nitrogens with zero attached hydrogens (tertiary/aromatic N) is 1. The van der Waals surface area contributed by atoms with Crippen LogP contribution in [0.25, 0.3) is 0 Å². The molecule has 0 spiro atoms. The Hall–Kier alpha value is -1.43. The molecule has 1 fully saturated rings. The lowest BCUT2D eigenvalue weighted by Crippen LogP contribution is -2.29. The fraction of sp³-hybridized carbons (Fsp3) is 0.682. The maximum Gasteiger partial charge on any atom is 0.222 e. The van der Waals surface area contributed by atoms with Gasteiger partial charge in [-0.05, 0) is 29.4 Å². The maximum atomic E-state index is 12.4. The molecule has 1 aliphatic rings. The number of carbonyl (C=O) groups is 1. The maximum absolute atomic E-state index is 12.4. The normalized spacial score (nSPS) is 18.7. The van der Waals surface area contributed by atoms with E-state index in [1.54, 1.807) is 7.11 Å². The van der Waals surface area contributed by atoms with Crippen LogP contribution in [-0.4, -0.2) is 55.9 Å². The van der Waals surface area contributed by atoms with Crippen LogP contribution in [0.15, 0.2) is 24.3 Å². The molecule has 27 heavy (non-hydrogen) atoms. The zero-order valence-corrected chi connectivity index (χ0v) is 17.2. The number of hydrogen-bond acceptors (Lipinski definition) is 4. The van der Waals surface area contributed by atoms with E-state index in [0.717, 1.165) is 25.1 Å². The highest BCUT2D eigenvalue weighted by atomic mass is 16.5. The molecule has 0 aliphatic carbocycles. The van der Waals surface area contributed by atoms with Crippen molar-refractivity contribution in [1.82, 2.24) is 4.90 Å². The van der Waals surface area contributed by atoms with E-state index in [1.807, 2.05) is 17.0 Å². The summed E-state index contributed by atoms with van der Waals surface area (Å²) >= 11 is 0. The van der Waals surface area contributed by atoms with Gasteiger partial charge in [0, 0.05) is 32.5 Å². The lowest BCUT2D eigenvalue weighted by molar-refractivity contribution is -0.131. The van der Waals surface area contributed by atoms with Crippen molar-refractivity contribution in [3.8, 4) is 0 Å². The standard InChI is InChI=1S/C22H35NO4/c1-22(2,3)19-7-5-18(6-8-19)20(24)9-10-21(25)23-12-11-17(15-23)16-27-14-13-26-4/h5-8,17,20,24H,9-16H2,1-4H3/t17-,20-/m0/s1. The summed E-state index contributed by atoms with van der Waals surface area (Å²) in [5.74, 6) is 0.528. The Morgan fingerprint density at radius 1 is 1.26 bits per heavy atom. The average Bonchev–Trinajstić information content (AvgIpc) is 3.11. The zero-order chi connectivity index (χ0) is 19.9. The van der Waals surface area contributed by atoms with E-state index in [1.165, 1.54) is 5.56 Å². The molecule has 1 heterocycles. The topological polar surface area (TPSA) is 59.0 Å². The molecule has 1 aromatic carbocycles. The van der Waals surface area contributed by atoms with Crippen molar-refractivity contribution in [3.05, 3.63) is 35.4 Å². The average molecular weight is 378 g/mol. The van der Waals surface area contributed by atoms with Gasteiger partial charge in [0.2, 0.25) is 5.91 Å². The Balaban J connectivity index is 1.73. The van der Waals surface area contributed by atoms with Crippen molar-refractivity contribution in [1.29, 1.82) is 0 Å². The molecule has 152 valence electrons. The summed E-state index contributed by atoms with van der Waals surface area (Å²) < 4.78 is 10.5. The van der Waals surface area contributed by atoms with Crippen molar-refractivity contribution >= 4 is 5.91 Å². The number of carbonyl (C=O) groups excluding carboxylic acids is 1. The lowest BCUT2D eigenvalue weighted by atomic mass is 9.86. The number of aliphatic hydroxyl groups excluding tert-OH is 1. The highest BCUT2D eigenvalue weighted by Crippen LogP contribution is 2.26. The summed E-state index contributed by atoms with van der Waals surface area (Å²) in [5, 5.41) is 10.4. The Kier molecular flexibility index (Phi) is 8.27. The number of ether oxygens (including phenoxy) is 2. The predicted molar refractivity (Wildman–Crippen MR) is 107 cm³/mol. The van der Waals surface area contributed by atoms with Crippen LogP contribution in [0.2, 0.25) is 0 Å². The Morgan fingerprint density at radius 2 is 1.96 bits per heavy atom. The van der Waals surface area contributed by atoms with Crippen LogP contribution in [0, 0.1) is 5.92 Å². The van der Waals surface area contributed by atoms with Crippen LogP contribution in [-0.2, 0) is 19.7 Å². The monoisotopic (exact) mass is 377 g/mol. The van der Waals surface area contributed by atoms with Crippen LogP contribution in [0.1, 0.15) is 57.3 Å². The first-order valence-electron chi connectivity index (χ1n) is 9.94. The molecule has 1 saturated heterocycles. The van der Waals surface area contributed by atoms with Gasteiger partial charge in [0.05, 0.1) is 25.9 Å². The summed E-state index contributed by atoms with van der Waals surface area (Å²) in [7, 11) is 1.66. The molecule has 5 nitrogen and oxygen atoms in total. The minimum Gasteiger partial charge on any atom is -0.388 e. The molecule has 2 rings (SSSR count). The van der Waals surface area contributed by atoms with Gasteiger partial charge in [-0.1, -0.05) is 45.0 Å². The van der Waals surface area contributed by atoms with Gasteiger partial charge < -0.3 is 19.5 Å². The molecule has 0 unspecified atom stereocenters. The molecule has 1 aliphatic heterocycles. The second-order valence-electron chi connectivity index (χ2n) is 8.49. The third-order valence-corrected chi connectivity index (χ3v) is 5.22. The Morgan fingerprint density at radius 3 is 2.59 bits per heavy atom. The molecule has 1 N–H and O–H groups in total. The largest absolute Gasteiger partial charge is 0.388 e. The smallest absolute Gasteiger partial charge is 0.222 e. The summed E-state index contributed by atoms with van der Waals surface area (Å²) in [6, 6.07) is 8.07. The van der Waals surface area contributed by atoms with E-state index < -0.39 is 6.10 Å². The van der Waals surface area contributed by atoms with Crippen LogP contribution in [0.4, 0.5) is 0 Å². The molecule has 0 radical (unpaired) electrons. The second kappa shape index (κ2) is 10.2. The fourth-order valence-corrected chi connectivity index (χ4v) is 3.38. The van der Waals surface area contributed by atoms with E-state index in [0.29, 0.717) is 38.6 Å². The predicted octanol–water partition coefficient (Wildman–Crippen LogP) is 3.31. The molecule has 5 heteroatoms. The molecular weight excluding hydrogens is 342 g/mol. The Bertz CT molecular complexity index is 579. The summed E-state index contributed by atoms with van der Waals surface area (Å²) in [6.45, 7) is 9.92. The first kappa shape index (κ1) is 21.9. The first-order chi connectivity index (χ1) is 12.8. The highest BCUT2D eigenvalue weighted by molar-refractivity contribution is 5.76. The van der Waals surface area contributed by atoms with E-state index in [4.69, 9.17) is 9.47 Å². The van der Waals surface area contributed by atoms with E-state index >= 15 is 0 Å². The molecule has 2 atom stereocenters. The number of aliphatic hydroxyl groups is 1. The molecular formula is C22H35NO4. The van der Waals surface area contributed by atoms with Gasteiger partial charge in [-0.15, -0.1) is 0 Å². The van der Waals surface area contributed by atoms with Gasteiger partial charge in [-0.25, -0.2) is 0 Å². The number of rotatable bonds is 9. The SMILES string of the molecule is COCCOC[C@H]1CCN(C(=O)CC[C@H](O)c2ccc(C(C)(C)C)cc2)C1. The summed E-state index contributed by atoms with van der Waals surface area (Å²) in [6.07, 6.45) is 1.22. The highest BCUT2D eigenvalue weighted by Gasteiger charge is 2.26. The van der Waals surface area contributed by atoms with E-state index in [2.05, 4.69) is 32.9 Å². The third kappa shape index (κ3) is 6.91. The van der Waals surface area contributed by atoms with Gasteiger partial charge in [0.25, 0.3) is 0 Å². The van der Waals surface area contributed by atoms with Crippen LogP contribution in [0.5, 0.6) is 0 Å². The zero-order valence-electron chi connectivity index (χ0n) is 17.2. The van der Waals surface area contributed by atoms with Crippen molar-refractivity contribution in [3.63, 3.8) is 0 Å². The number of amides is 1. The number of benzene rings is 1. The van der Waals surface area contributed by atoms with Crippen LogP contribution >= 0.6 is 0 Å². The quantitative estimate of drug-likeness (QED) is 0.671. The molecule has 1 aromatic rings.